The smallest absolute Gasteiger partial charge is 0.233 e. The lowest BCUT2D eigenvalue weighted by Gasteiger charge is -2.29. The Hall–Kier alpha value is -1.20. The third-order valence-electron chi connectivity index (χ3n) is 5.31. The molecule has 3 aliphatic rings. The van der Waals surface area contributed by atoms with Gasteiger partial charge in [0.1, 0.15) is 0 Å². The number of carbonyl (C=O) groups is 2. The summed E-state index contributed by atoms with van der Waals surface area (Å²) >= 11 is 3.50. The minimum absolute atomic E-state index is 0.0577. The normalized spacial score (nSPS) is 41.0. The van der Waals surface area contributed by atoms with Crippen LogP contribution in [0.4, 0.5) is 0 Å². The number of halogens is 1. The number of rotatable bonds is 2. The van der Waals surface area contributed by atoms with Crippen LogP contribution in [0.25, 0.3) is 0 Å². The zero-order valence-electron chi connectivity index (χ0n) is 11.4. The molecule has 21 heavy (non-hydrogen) atoms. The molecule has 1 aromatic rings. The molecule has 1 saturated heterocycles. The molecule has 5 heteroatoms. The summed E-state index contributed by atoms with van der Waals surface area (Å²) in [5.74, 6) is -0.680. The molecular formula is C16H16BrNO3. The van der Waals surface area contributed by atoms with Gasteiger partial charge in [-0.05, 0) is 23.8 Å². The maximum absolute atomic E-state index is 12.6. The van der Waals surface area contributed by atoms with E-state index in [-0.39, 0.29) is 40.3 Å². The van der Waals surface area contributed by atoms with E-state index in [2.05, 4.69) is 15.9 Å². The summed E-state index contributed by atoms with van der Waals surface area (Å²) in [5.41, 5.74) is 0.961. The van der Waals surface area contributed by atoms with Gasteiger partial charge in [0.05, 0.1) is 24.5 Å². The first kappa shape index (κ1) is 13.5. The van der Waals surface area contributed by atoms with Crippen LogP contribution in [-0.2, 0) is 16.1 Å². The van der Waals surface area contributed by atoms with Gasteiger partial charge in [0, 0.05) is 4.83 Å². The Bertz CT molecular complexity index is 573. The SMILES string of the molecule is O=C1[C@@H]2[C@@H]3C[C@@H]([C@H](Br)[C@@H]3O)[C@@H]2C(=O)N1Cc1ccccc1. The standard InChI is InChI=1S/C16H16BrNO3/c17-13-9-6-10(14(13)19)12-11(9)15(20)18(16(12)21)7-8-4-2-1-3-5-8/h1-5,9-14,19H,6-7H2/t9-,10+,11+,12-,13+,14-/m1/s1. The van der Waals surface area contributed by atoms with Crippen molar-refractivity contribution in [3.63, 3.8) is 0 Å². The van der Waals surface area contributed by atoms with Crippen molar-refractivity contribution < 1.29 is 14.7 Å². The average molecular weight is 350 g/mol. The predicted molar refractivity (Wildman–Crippen MR) is 79.3 cm³/mol. The topological polar surface area (TPSA) is 57.6 Å². The zero-order chi connectivity index (χ0) is 14.7. The fourth-order valence-electron chi connectivity index (χ4n) is 4.37. The number of carbonyl (C=O) groups excluding carboxylic acids is 2. The third-order valence-corrected chi connectivity index (χ3v) is 6.53. The van der Waals surface area contributed by atoms with Crippen molar-refractivity contribution in [2.24, 2.45) is 23.7 Å². The number of fused-ring (bicyclic) bond motifs is 5. The van der Waals surface area contributed by atoms with E-state index in [4.69, 9.17) is 0 Å². The number of amides is 2. The summed E-state index contributed by atoms with van der Waals surface area (Å²) in [5, 5.41) is 10.2. The van der Waals surface area contributed by atoms with Gasteiger partial charge in [-0.2, -0.15) is 0 Å². The molecule has 2 saturated carbocycles. The molecule has 2 aliphatic carbocycles. The Morgan fingerprint density at radius 3 is 2.38 bits per heavy atom. The predicted octanol–water partition coefficient (Wildman–Crippen LogP) is 1.56. The van der Waals surface area contributed by atoms with Crippen LogP contribution in [0.1, 0.15) is 12.0 Å². The molecule has 110 valence electrons. The Labute approximate surface area is 131 Å². The summed E-state index contributed by atoms with van der Waals surface area (Å²) in [6.07, 6.45) is 0.271. The zero-order valence-corrected chi connectivity index (χ0v) is 12.9. The highest BCUT2D eigenvalue weighted by Gasteiger charge is 2.66. The van der Waals surface area contributed by atoms with E-state index >= 15 is 0 Å². The van der Waals surface area contributed by atoms with Crippen LogP contribution in [0.3, 0.4) is 0 Å². The molecule has 1 aromatic carbocycles. The summed E-state index contributed by atoms with van der Waals surface area (Å²) in [6.45, 7) is 0.341. The van der Waals surface area contributed by atoms with Crippen molar-refractivity contribution in [1.82, 2.24) is 4.90 Å². The number of nitrogens with zero attached hydrogens (tertiary/aromatic N) is 1. The highest BCUT2D eigenvalue weighted by Crippen LogP contribution is 2.58. The van der Waals surface area contributed by atoms with E-state index in [0.29, 0.717) is 6.54 Å². The van der Waals surface area contributed by atoms with Gasteiger partial charge in [-0.25, -0.2) is 0 Å². The third kappa shape index (κ3) is 1.77. The Morgan fingerprint density at radius 1 is 1.10 bits per heavy atom. The molecule has 0 unspecified atom stereocenters. The molecule has 2 amide bonds. The number of alkyl halides is 1. The number of benzene rings is 1. The number of likely N-dealkylation sites (tertiary alicyclic amines) is 1. The number of aliphatic hydroxyl groups excluding tert-OH is 1. The Morgan fingerprint density at radius 2 is 1.71 bits per heavy atom. The monoisotopic (exact) mass is 349 g/mol. The fourth-order valence-corrected chi connectivity index (χ4v) is 5.31. The first-order chi connectivity index (χ1) is 10.1. The number of aliphatic hydroxyl groups is 1. The molecule has 0 aromatic heterocycles. The lowest BCUT2D eigenvalue weighted by atomic mass is 9.79. The van der Waals surface area contributed by atoms with Gasteiger partial charge in [0.2, 0.25) is 11.8 Å². The highest BCUT2D eigenvalue weighted by atomic mass is 79.9. The van der Waals surface area contributed by atoms with Crippen molar-refractivity contribution in [3.8, 4) is 0 Å². The second-order valence-corrected chi connectivity index (χ2v) is 7.36. The van der Waals surface area contributed by atoms with Crippen molar-refractivity contribution >= 4 is 27.7 Å². The number of hydrogen-bond donors (Lipinski definition) is 1. The van der Waals surface area contributed by atoms with E-state index in [1.165, 1.54) is 4.90 Å². The van der Waals surface area contributed by atoms with E-state index in [0.717, 1.165) is 12.0 Å². The summed E-state index contributed by atoms with van der Waals surface area (Å²) in [6, 6.07) is 9.57. The minimum atomic E-state index is -0.510. The molecule has 6 atom stereocenters. The average Bonchev–Trinajstić information content (AvgIpc) is 3.09. The molecule has 0 spiro atoms. The quantitative estimate of drug-likeness (QED) is 0.651. The van der Waals surface area contributed by atoms with Gasteiger partial charge in [-0.3, -0.25) is 14.5 Å². The van der Waals surface area contributed by atoms with Crippen LogP contribution in [0.2, 0.25) is 0 Å². The lowest BCUT2D eigenvalue weighted by Crippen LogP contribution is -2.40. The van der Waals surface area contributed by atoms with E-state index < -0.39 is 6.10 Å². The molecule has 0 radical (unpaired) electrons. The van der Waals surface area contributed by atoms with E-state index in [9.17, 15) is 14.7 Å². The molecular weight excluding hydrogens is 334 g/mol. The maximum Gasteiger partial charge on any atom is 0.233 e. The number of imide groups is 1. The molecule has 4 nitrogen and oxygen atoms in total. The van der Waals surface area contributed by atoms with E-state index in [1.807, 2.05) is 30.3 Å². The van der Waals surface area contributed by atoms with Gasteiger partial charge >= 0.3 is 0 Å². The van der Waals surface area contributed by atoms with Crippen molar-refractivity contribution in [1.29, 1.82) is 0 Å². The Balaban J connectivity index is 1.62. The van der Waals surface area contributed by atoms with Crippen molar-refractivity contribution in [3.05, 3.63) is 35.9 Å². The second kappa shape index (κ2) is 4.65. The maximum atomic E-state index is 12.6. The largest absolute Gasteiger partial charge is 0.392 e. The molecule has 1 heterocycles. The van der Waals surface area contributed by atoms with E-state index in [1.54, 1.807) is 0 Å². The van der Waals surface area contributed by atoms with Crippen LogP contribution in [0.5, 0.6) is 0 Å². The summed E-state index contributed by atoms with van der Waals surface area (Å²) in [4.78, 5) is 26.6. The highest BCUT2D eigenvalue weighted by molar-refractivity contribution is 9.09. The number of hydrogen-bond acceptors (Lipinski definition) is 3. The fraction of sp³-hybridized carbons (Fsp3) is 0.500. The first-order valence-corrected chi connectivity index (χ1v) is 8.22. The van der Waals surface area contributed by atoms with Crippen molar-refractivity contribution in [2.45, 2.75) is 23.9 Å². The Kier molecular flexibility index (Phi) is 2.98. The van der Waals surface area contributed by atoms with Crippen LogP contribution >= 0.6 is 15.9 Å². The van der Waals surface area contributed by atoms with Crippen LogP contribution < -0.4 is 0 Å². The van der Waals surface area contributed by atoms with Gasteiger partial charge in [0.25, 0.3) is 0 Å². The molecule has 1 N–H and O–H groups in total. The summed E-state index contributed by atoms with van der Waals surface area (Å²) < 4.78 is 0. The van der Waals surface area contributed by atoms with Crippen molar-refractivity contribution in [2.75, 3.05) is 0 Å². The van der Waals surface area contributed by atoms with Crippen LogP contribution in [0.15, 0.2) is 30.3 Å². The van der Waals surface area contributed by atoms with Gasteiger partial charge in [0.15, 0.2) is 0 Å². The second-order valence-electron chi connectivity index (χ2n) is 6.30. The van der Waals surface area contributed by atoms with Crippen LogP contribution in [-0.4, -0.2) is 32.8 Å². The minimum Gasteiger partial charge on any atom is -0.392 e. The van der Waals surface area contributed by atoms with Gasteiger partial charge in [-0.1, -0.05) is 46.3 Å². The molecule has 4 rings (SSSR count). The summed E-state index contributed by atoms with van der Waals surface area (Å²) in [7, 11) is 0. The van der Waals surface area contributed by atoms with Crippen LogP contribution in [0, 0.1) is 23.7 Å². The molecule has 2 bridgehead atoms. The lowest BCUT2D eigenvalue weighted by molar-refractivity contribution is -0.141. The van der Waals surface area contributed by atoms with Gasteiger partial charge < -0.3 is 5.11 Å². The molecule has 3 fully saturated rings. The molecule has 1 aliphatic heterocycles. The first-order valence-electron chi connectivity index (χ1n) is 7.31. The van der Waals surface area contributed by atoms with Gasteiger partial charge in [-0.15, -0.1) is 0 Å².